The average Bonchev–Trinajstić information content (AvgIpc) is 3.11. The second-order valence-corrected chi connectivity index (χ2v) is 7.67. The van der Waals surface area contributed by atoms with Crippen molar-refractivity contribution in [2.45, 2.75) is 6.92 Å². The van der Waals surface area contributed by atoms with Crippen LogP contribution in [0.4, 0.5) is 17.2 Å². The van der Waals surface area contributed by atoms with Crippen molar-refractivity contribution in [2.75, 3.05) is 5.32 Å². The zero-order chi connectivity index (χ0) is 20.4. The first kappa shape index (κ1) is 19.0. The van der Waals surface area contributed by atoms with Crippen LogP contribution in [0.1, 0.15) is 4.88 Å². The van der Waals surface area contributed by atoms with Gasteiger partial charge in [0.15, 0.2) is 0 Å². The molecule has 0 amide bonds. The van der Waals surface area contributed by atoms with E-state index in [4.69, 9.17) is 16.6 Å². The van der Waals surface area contributed by atoms with Gasteiger partial charge in [0.05, 0.1) is 10.6 Å². The number of nitrogens with one attached hydrogen (secondary N) is 1. The Kier molecular flexibility index (Phi) is 5.20. The molecule has 0 aliphatic rings. The second-order valence-electron chi connectivity index (χ2n) is 6.11. The van der Waals surface area contributed by atoms with E-state index < -0.39 is 4.92 Å². The van der Waals surface area contributed by atoms with Crippen LogP contribution < -0.4 is 5.32 Å². The number of aryl methyl sites for hydroxylation is 1. The average molecular weight is 424 g/mol. The van der Waals surface area contributed by atoms with E-state index in [1.807, 2.05) is 61.5 Å². The van der Waals surface area contributed by atoms with Gasteiger partial charge in [-0.15, -0.1) is 11.3 Å². The van der Waals surface area contributed by atoms with Gasteiger partial charge in [-0.1, -0.05) is 54.1 Å². The Hall–Kier alpha value is -3.36. The van der Waals surface area contributed by atoms with Crippen molar-refractivity contribution >= 4 is 40.1 Å². The predicted molar refractivity (Wildman–Crippen MR) is 115 cm³/mol. The Morgan fingerprint density at radius 2 is 1.76 bits per heavy atom. The minimum absolute atomic E-state index is 0.0407. The zero-order valence-electron chi connectivity index (χ0n) is 15.2. The van der Waals surface area contributed by atoms with Crippen LogP contribution in [-0.2, 0) is 0 Å². The number of hydrogen-bond donors (Lipinski definition) is 1. The second kappa shape index (κ2) is 7.94. The fourth-order valence-electron chi connectivity index (χ4n) is 2.83. The molecule has 0 fully saturated rings. The number of aromatic nitrogens is 3. The molecule has 4 rings (SSSR count). The van der Waals surface area contributed by atoms with E-state index in [9.17, 15) is 10.1 Å². The van der Waals surface area contributed by atoms with Crippen LogP contribution >= 0.6 is 22.9 Å². The molecule has 0 saturated carbocycles. The van der Waals surface area contributed by atoms with Crippen molar-refractivity contribution in [1.82, 2.24) is 15.0 Å². The molecule has 0 spiro atoms. The van der Waals surface area contributed by atoms with Gasteiger partial charge in [-0.25, -0.2) is 15.0 Å². The van der Waals surface area contributed by atoms with Crippen molar-refractivity contribution in [2.24, 2.45) is 0 Å². The molecule has 144 valence electrons. The summed E-state index contributed by atoms with van der Waals surface area (Å²) in [5.41, 5.74) is 3.24. The van der Waals surface area contributed by atoms with Crippen LogP contribution in [0.3, 0.4) is 0 Å². The Balaban J connectivity index is 1.61. The van der Waals surface area contributed by atoms with Crippen molar-refractivity contribution in [1.29, 1.82) is 0 Å². The highest BCUT2D eigenvalue weighted by Crippen LogP contribution is 2.35. The Bertz CT molecular complexity index is 1180. The largest absolute Gasteiger partial charge is 0.348 e. The minimum Gasteiger partial charge on any atom is -0.334 e. The molecule has 2 aromatic heterocycles. The molecule has 0 saturated heterocycles. The van der Waals surface area contributed by atoms with Crippen LogP contribution in [-0.4, -0.2) is 19.9 Å². The summed E-state index contributed by atoms with van der Waals surface area (Å²) in [7, 11) is 0. The molecule has 0 radical (unpaired) electrons. The van der Waals surface area contributed by atoms with E-state index in [-0.39, 0.29) is 16.7 Å². The van der Waals surface area contributed by atoms with E-state index >= 15 is 0 Å². The molecule has 0 aliphatic heterocycles. The topological polar surface area (TPSA) is 93.8 Å². The van der Waals surface area contributed by atoms with Crippen LogP contribution in [0.15, 0.2) is 60.9 Å². The normalized spacial score (nSPS) is 10.7. The first-order chi connectivity index (χ1) is 14.0. The molecule has 0 bridgehead atoms. The van der Waals surface area contributed by atoms with Crippen LogP contribution in [0.2, 0.25) is 5.15 Å². The van der Waals surface area contributed by atoms with Crippen molar-refractivity contribution in [3.63, 3.8) is 0 Å². The van der Waals surface area contributed by atoms with E-state index in [0.29, 0.717) is 5.69 Å². The third kappa shape index (κ3) is 3.94. The van der Waals surface area contributed by atoms with Gasteiger partial charge in [0.2, 0.25) is 11.0 Å². The van der Waals surface area contributed by atoms with Gasteiger partial charge in [0.1, 0.15) is 11.3 Å². The van der Waals surface area contributed by atoms with Gasteiger partial charge in [-0.3, -0.25) is 10.1 Å². The van der Waals surface area contributed by atoms with Crippen LogP contribution in [0.5, 0.6) is 0 Å². The summed E-state index contributed by atoms with van der Waals surface area (Å²) in [4.78, 5) is 24.1. The predicted octanol–water partition coefficient (Wildman–Crippen LogP) is 5.88. The number of nitro groups is 1. The fourth-order valence-corrected chi connectivity index (χ4v) is 3.97. The maximum atomic E-state index is 11.2. The molecular formula is C20H14ClN5O2S. The molecule has 29 heavy (non-hydrogen) atoms. The first-order valence-corrected chi connectivity index (χ1v) is 9.77. The molecule has 4 aromatic rings. The van der Waals surface area contributed by atoms with E-state index in [0.717, 1.165) is 26.7 Å². The summed E-state index contributed by atoms with van der Waals surface area (Å²) in [6.07, 6.45) is 1.18. The summed E-state index contributed by atoms with van der Waals surface area (Å²) < 4.78 is 0. The van der Waals surface area contributed by atoms with Crippen molar-refractivity contribution < 1.29 is 4.92 Å². The third-order valence-electron chi connectivity index (χ3n) is 4.20. The Labute approximate surface area is 175 Å². The fraction of sp³-hybridized carbons (Fsp3) is 0.0500. The molecule has 2 heterocycles. The lowest BCUT2D eigenvalue weighted by Gasteiger charge is -2.07. The van der Waals surface area contributed by atoms with Gasteiger partial charge in [0.25, 0.3) is 0 Å². The number of benzene rings is 2. The lowest BCUT2D eigenvalue weighted by atomic mass is 10.1. The van der Waals surface area contributed by atoms with Crippen LogP contribution in [0.25, 0.3) is 21.8 Å². The van der Waals surface area contributed by atoms with E-state index in [1.54, 1.807) is 11.3 Å². The Morgan fingerprint density at radius 3 is 2.45 bits per heavy atom. The number of rotatable bonds is 5. The molecule has 9 heteroatoms. The van der Waals surface area contributed by atoms with Crippen molar-refractivity contribution in [3.05, 3.63) is 81.1 Å². The van der Waals surface area contributed by atoms with Crippen molar-refractivity contribution in [3.8, 4) is 21.8 Å². The lowest BCUT2D eigenvalue weighted by Crippen LogP contribution is -2.01. The molecule has 7 nitrogen and oxygen atoms in total. The number of anilines is 2. The van der Waals surface area contributed by atoms with Crippen LogP contribution in [0, 0.1) is 17.0 Å². The summed E-state index contributed by atoms with van der Waals surface area (Å²) in [6.45, 7) is 2.04. The minimum atomic E-state index is -0.608. The van der Waals surface area contributed by atoms with E-state index in [2.05, 4.69) is 15.3 Å². The molecule has 0 atom stereocenters. The van der Waals surface area contributed by atoms with E-state index in [1.165, 1.54) is 6.33 Å². The summed E-state index contributed by atoms with van der Waals surface area (Å²) >= 11 is 7.47. The highest BCUT2D eigenvalue weighted by atomic mass is 35.5. The summed E-state index contributed by atoms with van der Waals surface area (Å²) in [6, 6.07) is 17.5. The van der Waals surface area contributed by atoms with Gasteiger partial charge in [-0.05, 0) is 19.1 Å². The number of halogens is 1. The number of hydrogen-bond acceptors (Lipinski definition) is 7. The lowest BCUT2D eigenvalue weighted by molar-refractivity contribution is -0.384. The summed E-state index contributed by atoms with van der Waals surface area (Å²) in [5, 5.41) is 14.9. The highest BCUT2D eigenvalue weighted by Gasteiger charge is 2.21. The van der Waals surface area contributed by atoms with Gasteiger partial charge < -0.3 is 5.32 Å². The smallest absolute Gasteiger partial charge is 0.334 e. The third-order valence-corrected chi connectivity index (χ3v) is 5.50. The maximum Gasteiger partial charge on any atom is 0.348 e. The Morgan fingerprint density at radius 1 is 1.03 bits per heavy atom. The summed E-state index contributed by atoms with van der Waals surface area (Å²) in [5.74, 6) is 0.0407. The highest BCUT2D eigenvalue weighted by molar-refractivity contribution is 7.15. The zero-order valence-corrected chi connectivity index (χ0v) is 16.7. The molecular weight excluding hydrogens is 410 g/mol. The van der Waals surface area contributed by atoms with Gasteiger partial charge in [0, 0.05) is 21.7 Å². The molecule has 1 N–H and O–H groups in total. The molecule has 2 aromatic carbocycles. The molecule has 0 aliphatic carbocycles. The molecule has 0 unspecified atom stereocenters. The number of thiazole rings is 1. The van der Waals surface area contributed by atoms with Gasteiger partial charge >= 0.3 is 5.69 Å². The monoisotopic (exact) mass is 423 g/mol. The first-order valence-electron chi connectivity index (χ1n) is 8.58. The standard InChI is InChI=1S/C20H14ClN5O2S/c1-12-16(25-20(29-12)14-5-3-2-4-6-14)13-7-9-15(10-8-13)24-19-17(26(27)28)18(21)22-11-23-19/h2-11H,1H3,(H,22,23,24). The number of nitrogens with zero attached hydrogens (tertiary/aromatic N) is 4. The maximum absolute atomic E-state index is 11.2. The quantitative estimate of drug-likeness (QED) is 0.244. The van der Waals surface area contributed by atoms with Gasteiger partial charge in [-0.2, -0.15) is 0 Å². The SMILES string of the molecule is Cc1sc(-c2ccccc2)nc1-c1ccc(Nc2ncnc(Cl)c2[N+](=O)[O-])cc1.